The zero-order valence-electron chi connectivity index (χ0n) is 6.22. The highest BCUT2D eigenvalue weighted by Crippen LogP contribution is 2.13. The average Bonchev–Trinajstić information content (AvgIpc) is 1.85. The molecule has 0 saturated heterocycles. The second kappa shape index (κ2) is 2.85. The number of hydrogen-bond acceptors (Lipinski definition) is 3. The lowest BCUT2D eigenvalue weighted by molar-refractivity contribution is 1.00. The van der Waals surface area contributed by atoms with Crippen molar-refractivity contribution in [1.82, 2.24) is 9.97 Å². The minimum absolute atomic E-state index is 0.234. The van der Waals surface area contributed by atoms with Crippen LogP contribution in [0.5, 0.6) is 0 Å². The lowest BCUT2D eigenvalue weighted by Crippen LogP contribution is -1.95. The molecule has 1 aromatic rings. The second-order valence-electron chi connectivity index (χ2n) is 2.13. The summed E-state index contributed by atoms with van der Waals surface area (Å²) in [6.45, 7) is 3.47. The van der Waals surface area contributed by atoms with Crippen LogP contribution in [0.4, 0.5) is 0 Å². The molecule has 0 aliphatic rings. The van der Waals surface area contributed by atoms with Gasteiger partial charge in [-0.3, -0.25) is 0 Å². The largest absolute Gasteiger partial charge is 0.237 e. The predicted molar refractivity (Wildman–Crippen MR) is 41.2 cm³/mol. The first-order chi connectivity index (χ1) is 5.15. The van der Waals surface area contributed by atoms with Gasteiger partial charge in [0, 0.05) is 0 Å². The van der Waals surface area contributed by atoms with Crippen molar-refractivity contribution in [2.75, 3.05) is 0 Å². The minimum atomic E-state index is 0.234. The van der Waals surface area contributed by atoms with Gasteiger partial charge in [0.05, 0.1) is 5.69 Å². The standard InChI is InChI=1S/C7H6ClN3/c1-4-6(3-9)7(8)11-5(2)10-4/h1-2H3. The van der Waals surface area contributed by atoms with Crippen molar-refractivity contribution < 1.29 is 0 Å². The zero-order chi connectivity index (χ0) is 8.43. The van der Waals surface area contributed by atoms with E-state index >= 15 is 0 Å². The molecule has 0 amide bonds. The van der Waals surface area contributed by atoms with Gasteiger partial charge in [-0.05, 0) is 13.8 Å². The summed E-state index contributed by atoms with van der Waals surface area (Å²) in [7, 11) is 0. The molecule has 0 aromatic carbocycles. The predicted octanol–water partition coefficient (Wildman–Crippen LogP) is 1.62. The number of nitrogens with zero attached hydrogens (tertiary/aromatic N) is 3. The van der Waals surface area contributed by atoms with Gasteiger partial charge in [-0.1, -0.05) is 11.6 Å². The van der Waals surface area contributed by atoms with Crippen LogP contribution in [-0.2, 0) is 0 Å². The number of rotatable bonds is 0. The highest BCUT2D eigenvalue weighted by Gasteiger charge is 2.05. The van der Waals surface area contributed by atoms with E-state index in [1.165, 1.54) is 0 Å². The maximum absolute atomic E-state index is 8.58. The van der Waals surface area contributed by atoms with E-state index in [2.05, 4.69) is 9.97 Å². The number of aryl methyl sites for hydroxylation is 2. The molecule has 0 aliphatic carbocycles. The van der Waals surface area contributed by atoms with E-state index in [1.807, 2.05) is 6.07 Å². The molecule has 1 aromatic heterocycles. The molecule has 0 N–H and O–H groups in total. The summed E-state index contributed by atoms with van der Waals surface area (Å²) in [5.74, 6) is 0.589. The molecule has 0 saturated carbocycles. The van der Waals surface area contributed by atoms with Gasteiger partial charge in [-0.15, -0.1) is 0 Å². The van der Waals surface area contributed by atoms with Crippen molar-refractivity contribution in [1.29, 1.82) is 5.26 Å². The topological polar surface area (TPSA) is 49.6 Å². The van der Waals surface area contributed by atoms with Crippen LogP contribution in [0.3, 0.4) is 0 Å². The summed E-state index contributed by atoms with van der Waals surface area (Å²) in [5.41, 5.74) is 0.988. The highest BCUT2D eigenvalue weighted by molar-refractivity contribution is 6.30. The van der Waals surface area contributed by atoms with Crippen LogP contribution in [0, 0.1) is 25.2 Å². The fourth-order valence-electron chi connectivity index (χ4n) is 0.798. The van der Waals surface area contributed by atoms with Crippen LogP contribution in [0.15, 0.2) is 0 Å². The van der Waals surface area contributed by atoms with Crippen molar-refractivity contribution >= 4 is 11.6 Å². The molecule has 0 fully saturated rings. The first-order valence-corrected chi connectivity index (χ1v) is 3.43. The van der Waals surface area contributed by atoms with E-state index in [1.54, 1.807) is 13.8 Å². The Morgan fingerprint density at radius 3 is 2.45 bits per heavy atom. The quantitative estimate of drug-likeness (QED) is 0.552. The van der Waals surface area contributed by atoms with E-state index < -0.39 is 0 Å². The Labute approximate surface area is 69.7 Å². The Morgan fingerprint density at radius 2 is 2.00 bits per heavy atom. The molecule has 3 nitrogen and oxygen atoms in total. The van der Waals surface area contributed by atoms with Gasteiger partial charge in [0.25, 0.3) is 0 Å². The molecular formula is C7H6ClN3. The van der Waals surface area contributed by atoms with E-state index in [4.69, 9.17) is 16.9 Å². The van der Waals surface area contributed by atoms with E-state index in [0.29, 0.717) is 17.1 Å². The van der Waals surface area contributed by atoms with Crippen LogP contribution in [0.25, 0.3) is 0 Å². The fourth-order valence-corrected chi connectivity index (χ4v) is 1.10. The first kappa shape index (κ1) is 7.96. The number of hydrogen-bond donors (Lipinski definition) is 0. The molecule has 11 heavy (non-hydrogen) atoms. The summed E-state index contributed by atoms with van der Waals surface area (Å²) in [6.07, 6.45) is 0. The smallest absolute Gasteiger partial charge is 0.150 e. The Hall–Kier alpha value is -1.14. The van der Waals surface area contributed by atoms with Gasteiger partial charge in [-0.2, -0.15) is 5.26 Å². The van der Waals surface area contributed by atoms with Gasteiger partial charge < -0.3 is 0 Å². The molecule has 0 spiro atoms. The van der Waals surface area contributed by atoms with E-state index in [-0.39, 0.29) is 5.15 Å². The number of aromatic nitrogens is 2. The Morgan fingerprint density at radius 1 is 1.36 bits per heavy atom. The van der Waals surface area contributed by atoms with Crippen LogP contribution in [-0.4, -0.2) is 9.97 Å². The Kier molecular flexibility index (Phi) is 2.06. The number of halogens is 1. The van der Waals surface area contributed by atoms with Crippen molar-refractivity contribution in [3.8, 4) is 6.07 Å². The molecule has 1 rings (SSSR count). The van der Waals surface area contributed by atoms with Gasteiger partial charge in [0.2, 0.25) is 0 Å². The monoisotopic (exact) mass is 167 g/mol. The summed E-state index contributed by atoms with van der Waals surface area (Å²) in [6, 6.07) is 1.93. The Bertz CT molecular complexity index is 304. The Balaban J connectivity index is 3.40. The SMILES string of the molecule is Cc1nc(C)c(C#N)c(Cl)n1. The molecule has 1 heterocycles. The maximum Gasteiger partial charge on any atom is 0.150 e. The zero-order valence-corrected chi connectivity index (χ0v) is 6.98. The van der Waals surface area contributed by atoms with Gasteiger partial charge in [-0.25, -0.2) is 9.97 Å². The molecule has 0 unspecified atom stereocenters. The molecule has 4 heteroatoms. The fraction of sp³-hybridized carbons (Fsp3) is 0.286. The normalized spacial score (nSPS) is 9.27. The highest BCUT2D eigenvalue weighted by atomic mass is 35.5. The summed E-state index contributed by atoms with van der Waals surface area (Å²) in [5, 5.41) is 8.81. The molecule has 0 bridgehead atoms. The van der Waals surface area contributed by atoms with Crippen LogP contribution in [0.2, 0.25) is 5.15 Å². The van der Waals surface area contributed by atoms with Crippen LogP contribution >= 0.6 is 11.6 Å². The third-order valence-electron chi connectivity index (χ3n) is 1.27. The third-order valence-corrected chi connectivity index (χ3v) is 1.54. The lowest BCUT2D eigenvalue weighted by Gasteiger charge is -1.98. The summed E-state index contributed by atoms with van der Waals surface area (Å²) >= 11 is 5.66. The van der Waals surface area contributed by atoms with E-state index in [0.717, 1.165) is 0 Å². The van der Waals surface area contributed by atoms with Gasteiger partial charge in [0.15, 0.2) is 5.15 Å². The summed E-state index contributed by atoms with van der Waals surface area (Å²) in [4.78, 5) is 7.82. The lowest BCUT2D eigenvalue weighted by atomic mass is 10.3. The van der Waals surface area contributed by atoms with E-state index in [9.17, 15) is 0 Å². The minimum Gasteiger partial charge on any atom is -0.237 e. The van der Waals surface area contributed by atoms with Crippen molar-refractivity contribution in [2.45, 2.75) is 13.8 Å². The number of nitriles is 1. The van der Waals surface area contributed by atoms with Crippen LogP contribution < -0.4 is 0 Å². The third kappa shape index (κ3) is 1.47. The molecule has 0 radical (unpaired) electrons. The maximum atomic E-state index is 8.58. The van der Waals surface area contributed by atoms with Crippen molar-refractivity contribution in [3.63, 3.8) is 0 Å². The molecule has 56 valence electrons. The van der Waals surface area contributed by atoms with Crippen molar-refractivity contribution in [3.05, 3.63) is 22.2 Å². The summed E-state index contributed by atoms with van der Waals surface area (Å²) < 4.78 is 0. The first-order valence-electron chi connectivity index (χ1n) is 3.06. The van der Waals surface area contributed by atoms with Gasteiger partial charge >= 0.3 is 0 Å². The van der Waals surface area contributed by atoms with Crippen LogP contribution in [0.1, 0.15) is 17.1 Å². The van der Waals surface area contributed by atoms with Crippen molar-refractivity contribution in [2.24, 2.45) is 0 Å². The molecule has 0 atom stereocenters. The van der Waals surface area contributed by atoms with Gasteiger partial charge in [0.1, 0.15) is 17.5 Å². The molecular weight excluding hydrogens is 162 g/mol. The molecule has 0 aliphatic heterocycles. The second-order valence-corrected chi connectivity index (χ2v) is 2.49. The average molecular weight is 168 g/mol.